The number of nitrogens with one attached hydrogen (secondary N) is 2. The summed E-state index contributed by atoms with van der Waals surface area (Å²) in [7, 11) is 3.36. The molecule has 3 rings (SSSR count). The first-order valence-electron chi connectivity index (χ1n) is 12.5. The lowest BCUT2D eigenvalue weighted by Crippen LogP contribution is -2.48. The number of hydrogen-bond acceptors (Lipinski definition) is 5. The number of urea groups is 1. The van der Waals surface area contributed by atoms with Crippen LogP contribution in [0.25, 0.3) is 0 Å². The molecule has 9 nitrogen and oxygen atoms in total. The number of nitrogens with zero attached hydrogens (tertiary/aromatic N) is 2. The van der Waals surface area contributed by atoms with Crippen molar-refractivity contribution in [2.24, 2.45) is 11.8 Å². The first-order chi connectivity index (χ1) is 16.6. The van der Waals surface area contributed by atoms with Crippen LogP contribution in [0.1, 0.15) is 57.3 Å². The van der Waals surface area contributed by atoms with E-state index in [1.165, 1.54) is 0 Å². The zero-order valence-corrected chi connectivity index (χ0v) is 21.8. The van der Waals surface area contributed by atoms with Crippen LogP contribution in [-0.2, 0) is 9.53 Å². The van der Waals surface area contributed by atoms with Crippen molar-refractivity contribution in [1.29, 1.82) is 0 Å². The zero-order chi connectivity index (χ0) is 25.7. The number of hydrogen-bond donors (Lipinski definition) is 2. The van der Waals surface area contributed by atoms with Gasteiger partial charge in [-0.3, -0.25) is 9.59 Å². The summed E-state index contributed by atoms with van der Waals surface area (Å²) in [5.74, 6) is 0.849. The van der Waals surface area contributed by atoms with Gasteiger partial charge in [0.2, 0.25) is 5.91 Å². The van der Waals surface area contributed by atoms with Gasteiger partial charge in [-0.15, -0.1) is 0 Å². The second kappa shape index (κ2) is 11.7. The van der Waals surface area contributed by atoms with E-state index in [-0.39, 0.29) is 48.6 Å². The summed E-state index contributed by atoms with van der Waals surface area (Å²) in [6, 6.07) is 4.50. The number of carbonyl (C=O) groups excluding carboxylic acids is 3. The van der Waals surface area contributed by atoms with Crippen molar-refractivity contribution in [3.8, 4) is 5.75 Å². The van der Waals surface area contributed by atoms with E-state index in [0.29, 0.717) is 42.4 Å². The third-order valence-electron chi connectivity index (χ3n) is 6.60. The maximum Gasteiger partial charge on any atom is 0.319 e. The highest BCUT2D eigenvalue weighted by atomic mass is 16.5. The summed E-state index contributed by atoms with van der Waals surface area (Å²) in [6.07, 6.45) is 2.56. The highest BCUT2D eigenvalue weighted by Gasteiger charge is 2.33. The van der Waals surface area contributed by atoms with Crippen molar-refractivity contribution in [3.63, 3.8) is 0 Å². The quantitative estimate of drug-likeness (QED) is 0.662. The molecular weight excluding hydrogens is 448 g/mol. The number of fused-ring (bicyclic) bond motifs is 1. The predicted octanol–water partition coefficient (Wildman–Crippen LogP) is 3.35. The Morgan fingerprint density at radius 2 is 1.91 bits per heavy atom. The monoisotopic (exact) mass is 488 g/mol. The fourth-order valence-electron chi connectivity index (χ4n) is 4.32. The van der Waals surface area contributed by atoms with Gasteiger partial charge in [0.15, 0.2) is 0 Å². The van der Waals surface area contributed by atoms with Gasteiger partial charge in [0.25, 0.3) is 5.91 Å². The lowest BCUT2D eigenvalue weighted by molar-refractivity contribution is -0.135. The van der Waals surface area contributed by atoms with Crippen molar-refractivity contribution >= 4 is 23.5 Å². The molecule has 1 fully saturated rings. The molecule has 0 aromatic heterocycles. The first kappa shape index (κ1) is 26.8. The van der Waals surface area contributed by atoms with Gasteiger partial charge in [-0.25, -0.2) is 4.79 Å². The van der Waals surface area contributed by atoms with E-state index in [9.17, 15) is 14.4 Å². The third kappa shape index (κ3) is 7.34. The molecule has 9 heteroatoms. The van der Waals surface area contributed by atoms with Crippen LogP contribution in [0, 0.1) is 11.8 Å². The van der Waals surface area contributed by atoms with Crippen molar-refractivity contribution in [2.75, 3.05) is 39.2 Å². The molecule has 3 atom stereocenters. The van der Waals surface area contributed by atoms with Crippen LogP contribution in [0.3, 0.4) is 0 Å². The molecule has 1 heterocycles. The highest BCUT2D eigenvalue weighted by molar-refractivity contribution is 5.99. The normalized spacial score (nSPS) is 23.6. The number of anilines is 1. The van der Waals surface area contributed by atoms with Crippen LogP contribution in [0.4, 0.5) is 10.5 Å². The molecule has 35 heavy (non-hydrogen) atoms. The number of ether oxygens (including phenoxy) is 2. The first-order valence-corrected chi connectivity index (χ1v) is 12.5. The minimum Gasteiger partial charge on any atom is -0.491 e. The van der Waals surface area contributed by atoms with Crippen LogP contribution in [0.15, 0.2) is 18.2 Å². The second-order valence-electron chi connectivity index (χ2n) is 10.3. The number of likely N-dealkylation sites (N-methyl/N-ethyl adjacent to an activating group) is 1. The molecule has 1 aromatic carbocycles. The van der Waals surface area contributed by atoms with Crippen LogP contribution >= 0.6 is 0 Å². The number of amides is 4. The van der Waals surface area contributed by atoms with Gasteiger partial charge in [0.05, 0.1) is 17.7 Å². The van der Waals surface area contributed by atoms with E-state index in [1.807, 2.05) is 32.6 Å². The molecule has 1 aromatic rings. The van der Waals surface area contributed by atoms with E-state index in [4.69, 9.17) is 9.47 Å². The number of carbonyl (C=O) groups is 3. The van der Waals surface area contributed by atoms with E-state index in [0.717, 1.165) is 12.8 Å². The average Bonchev–Trinajstić information content (AvgIpc) is 3.61. The van der Waals surface area contributed by atoms with Crippen LogP contribution in [0.5, 0.6) is 5.75 Å². The van der Waals surface area contributed by atoms with Crippen molar-refractivity contribution in [1.82, 2.24) is 15.1 Å². The largest absolute Gasteiger partial charge is 0.491 e. The summed E-state index contributed by atoms with van der Waals surface area (Å²) < 4.78 is 11.9. The Labute approximate surface area is 208 Å². The smallest absolute Gasteiger partial charge is 0.319 e. The molecule has 0 radical (unpaired) electrons. The fourth-order valence-corrected chi connectivity index (χ4v) is 4.32. The molecular formula is C26H40N4O5. The maximum absolute atomic E-state index is 13.4. The van der Waals surface area contributed by atoms with Crippen LogP contribution in [-0.4, -0.2) is 79.7 Å². The Bertz CT molecular complexity index is 917. The Hall–Kier alpha value is -2.81. The zero-order valence-electron chi connectivity index (χ0n) is 21.8. The van der Waals surface area contributed by atoms with Crippen molar-refractivity contribution < 1.29 is 23.9 Å². The van der Waals surface area contributed by atoms with E-state index in [1.54, 1.807) is 37.3 Å². The van der Waals surface area contributed by atoms with Crippen LogP contribution in [0.2, 0.25) is 0 Å². The summed E-state index contributed by atoms with van der Waals surface area (Å²) in [4.78, 5) is 42.2. The summed E-state index contributed by atoms with van der Waals surface area (Å²) in [5, 5.41) is 5.55. The molecule has 0 unspecified atom stereocenters. The highest BCUT2D eigenvalue weighted by Crippen LogP contribution is 2.33. The Morgan fingerprint density at radius 3 is 2.54 bits per heavy atom. The van der Waals surface area contributed by atoms with Gasteiger partial charge >= 0.3 is 6.03 Å². The molecule has 1 aliphatic heterocycles. The molecule has 0 bridgehead atoms. The molecule has 1 aliphatic carbocycles. The van der Waals surface area contributed by atoms with Gasteiger partial charge in [-0.1, -0.05) is 6.92 Å². The van der Waals surface area contributed by atoms with Gasteiger partial charge in [-0.2, -0.15) is 0 Å². The lowest BCUT2D eigenvalue weighted by atomic mass is 10.0. The second-order valence-corrected chi connectivity index (χ2v) is 10.3. The minimum absolute atomic E-state index is 0.0181. The fraction of sp³-hybridized carbons (Fsp3) is 0.654. The molecule has 4 amide bonds. The van der Waals surface area contributed by atoms with Crippen molar-refractivity contribution in [3.05, 3.63) is 23.8 Å². The number of benzene rings is 1. The minimum atomic E-state index is -0.346. The molecule has 2 aliphatic rings. The van der Waals surface area contributed by atoms with E-state index >= 15 is 0 Å². The Balaban J connectivity index is 1.89. The van der Waals surface area contributed by atoms with E-state index < -0.39 is 0 Å². The van der Waals surface area contributed by atoms with Gasteiger partial charge in [0, 0.05) is 51.3 Å². The lowest BCUT2D eigenvalue weighted by Gasteiger charge is -2.36. The molecule has 1 saturated carbocycles. The molecule has 0 saturated heterocycles. The summed E-state index contributed by atoms with van der Waals surface area (Å²) in [5.41, 5.74) is 0.839. The number of rotatable bonds is 5. The van der Waals surface area contributed by atoms with Crippen molar-refractivity contribution in [2.45, 2.75) is 65.1 Å². The van der Waals surface area contributed by atoms with Gasteiger partial charge in [0.1, 0.15) is 12.4 Å². The molecule has 0 spiro atoms. The standard InChI is InChI=1S/C26H40N4O5/c1-16(2)27-26(33)28-20-9-10-22-21(12-20)25(32)29(5)14-23(34-6)17(3)13-30(18(4)15-35-22)24(31)11-19-7-8-19/h9-10,12,16-19,23H,7-8,11,13-15H2,1-6H3,(H2,27,28,33)/t17-,18+,23+/m0/s1. The third-order valence-corrected chi connectivity index (χ3v) is 6.60. The number of methoxy groups -OCH3 is 1. The SMILES string of the molecule is CO[C@@H]1CN(C)C(=O)c2cc(NC(=O)NC(C)C)ccc2OC[C@@H](C)N(C(=O)CC2CC2)C[C@@H]1C. The topological polar surface area (TPSA) is 100 Å². The van der Waals surface area contributed by atoms with E-state index in [2.05, 4.69) is 10.6 Å². The van der Waals surface area contributed by atoms with Gasteiger partial charge < -0.3 is 29.9 Å². The summed E-state index contributed by atoms with van der Waals surface area (Å²) >= 11 is 0. The van der Waals surface area contributed by atoms with Gasteiger partial charge in [-0.05, 0) is 57.7 Å². The Kier molecular flexibility index (Phi) is 8.99. The average molecular weight is 489 g/mol. The summed E-state index contributed by atoms with van der Waals surface area (Å²) in [6.45, 7) is 8.93. The van der Waals surface area contributed by atoms with Crippen LogP contribution < -0.4 is 15.4 Å². The predicted molar refractivity (Wildman–Crippen MR) is 135 cm³/mol. The Morgan fingerprint density at radius 1 is 1.20 bits per heavy atom. The molecule has 2 N–H and O–H groups in total. The molecule has 194 valence electrons. The maximum atomic E-state index is 13.4.